The van der Waals surface area contributed by atoms with Gasteiger partial charge >= 0.3 is 0 Å². The van der Waals surface area contributed by atoms with Gasteiger partial charge in [0.05, 0.1) is 0 Å². The molecule has 1 atom stereocenters. The van der Waals surface area contributed by atoms with Gasteiger partial charge in [-0.3, -0.25) is 4.79 Å². The minimum Gasteiger partial charge on any atom is -0.326 e. The molecule has 5 heteroatoms. The number of anilines is 1. The quantitative estimate of drug-likeness (QED) is 0.811. The zero-order valence-electron chi connectivity index (χ0n) is 9.41. The first-order valence-electron chi connectivity index (χ1n) is 5.60. The molecule has 92 valence electrons. The van der Waals surface area contributed by atoms with E-state index < -0.39 is 0 Å². The van der Waals surface area contributed by atoms with Crippen LogP contribution in [0.15, 0.2) is 24.3 Å². The standard InChI is InChI=1S/C12H15IN2OS/c13-9-2-1-3-10(6-9)15-12(16)7-11-8-17-5-4-14-11/h1-3,6,11,14H,4-5,7-8H2,(H,15,16). The van der Waals surface area contributed by atoms with E-state index in [1.165, 1.54) is 0 Å². The van der Waals surface area contributed by atoms with Crippen LogP contribution in [0.1, 0.15) is 6.42 Å². The highest BCUT2D eigenvalue weighted by Crippen LogP contribution is 2.14. The Hall–Kier alpha value is -0.270. The Morgan fingerprint density at radius 1 is 1.59 bits per heavy atom. The van der Waals surface area contributed by atoms with Crippen molar-refractivity contribution in [2.45, 2.75) is 12.5 Å². The van der Waals surface area contributed by atoms with Gasteiger partial charge < -0.3 is 10.6 Å². The second-order valence-corrected chi connectivity index (χ2v) is 6.38. The van der Waals surface area contributed by atoms with Crippen molar-refractivity contribution < 1.29 is 4.79 Å². The molecule has 1 amide bonds. The Morgan fingerprint density at radius 3 is 3.18 bits per heavy atom. The number of thioether (sulfide) groups is 1. The number of carbonyl (C=O) groups excluding carboxylic acids is 1. The van der Waals surface area contributed by atoms with Crippen molar-refractivity contribution in [3.63, 3.8) is 0 Å². The molecule has 1 aromatic rings. The number of hydrogen-bond donors (Lipinski definition) is 2. The molecule has 1 saturated heterocycles. The lowest BCUT2D eigenvalue weighted by Gasteiger charge is -2.22. The van der Waals surface area contributed by atoms with Crippen LogP contribution in [0.25, 0.3) is 0 Å². The SMILES string of the molecule is O=C(CC1CSCCN1)Nc1cccc(I)c1. The molecule has 1 unspecified atom stereocenters. The van der Waals surface area contributed by atoms with Crippen LogP contribution in [0, 0.1) is 3.57 Å². The van der Waals surface area contributed by atoms with E-state index in [1.807, 2.05) is 36.0 Å². The largest absolute Gasteiger partial charge is 0.326 e. The van der Waals surface area contributed by atoms with E-state index >= 15 is 0 Å². The second-order valence-electron chi connectivity index (χ2n) is 3.99. The summed E-state index contributed by atoms with van der Waals surface area (Å²) in [5.41, 5.74) is 0.880. The lowest BCUT2D eigenvalue weighted by Crippen LogP contribution is -2.39. The molecule has 3 nitrogen and oxygen atoms in total. The average molecular weight is 362 g/mol. The van der Waals surface area contributed by atoms with Crippen LogP contribution < -0.4 is 10.6 Å². The second kappa shape index (κ2) is 6.61. The number of nitrogens with one attached hydrogen (secondary N) is 2. The van der Waals surface area contributed by atoms with Gasteiger partial charge in [-0.05, 0) is 40.8 Å². The Morgan fingerprint density at radius 2 is 2.47 bits per heavy atom. The summed E-state index contributed by atoms with van der Waals surface area (Å²) in [7, 11) is 0. The van der Waals surface area contributed by atoms with E-state index in [-0.39, 0.29) is 5.91 Å². The molecule has 0 bridgehead atoms. The van der Waals surface area contributed by atoms with Crippen molar-refractivity contribution >= 4 is 45.9 Å². The van der Waals surface area contributed by atoms with Gasteiger partial charge in [0.2, 0.25) is 5.91 Å². The zero-order chi connectivity index (χ0) is 12.1. The lowest BCUT2D eigenvalue weighted by molar-refractivity contribution is -0.116. The van der Waals surface area contributed by atoms with Gasteiger partial charge in [-0.15, -0.1) is 0 Å². The van der Waals surface area contributed by atoms with Crippen molar-refractivity contribution in [1.29, 1.82) is 0 Å². The van der Waals surface area contributed by atoms with Crippen LogP contribution in [-0.4, -0.2) is 30.0 Å². The molecule has 0 radical (unpaired) electrons. The molecule has 2 rings (SSSR count). The topological polar surface area (TPSA) is 41.1 Å². The molecule has 1 heterocycles. The van der Waals surface area contributed by atoms with Crippen molar-refractivity contribution in [2.75, 3.05) is 23.4 Å². The van der Waals surface area contributed by atoms with Crippen LogP contribution in [0.3, 0.4) is 0 Å². The van der Waals surface area contributed by atoms with E-state index in [2.05, 4.69) is 33.2 Å². The number of halogens is 1. The summed E-state index contributed by atoms with van der Waals surface area (Å²) in [4.78, 5) is 11.8. The summed E-state index contributed by atoms with van der Waals surface area (Å²) in [6.45, 7) is 1.01. The third-order valence-electron chi connectivity index (χ3n) is 2.54. The number of hydrogen-bond acceptors (Lipinski definition) is 3. The molecule has 0 aromatic heterocycles. The highest BCUT2D eigenvalue weighted by Gasteiger charge is 2.16. The summed E-state index contributed by atoms with van der Waals surface area (Å²) in [6, 6.07) is 8.17. The third-order valence-corrected chi connectivity index (χ3v) is 4.34. The fourth-order valence-electron chi connectivity index (χ4n) is 1.75. The highest BCUT2D eigenvalue weighted by atomic mass is 127. The Bertz CT molecular complexity index is 394. The Kier molecular flexibility index (Phi) is 5.12. The number of rotatable bonds is 3. The molecule has 1 aliphatic heterocycles. The Labute approximate surface area is 119 Å². The maximum absolute atomic E-state index is 11.8. The van der Waals surface area contributed by atoms with E-state index in [9.17, 15) is 4.79 Å². The zero-order valence-corrected chi connectivity index (χ0v) is 12.4. The van der Waals surface area contributed by atoms with Crippen LogP contribution in [0.4, 0.5) is 5.69 Å². The summed E-state index contributed by atoms with van der Waals surface area (Å²) in [5, 5.41) is 6.30. The highest BCUT2D eigenvalue weighted by molar-refractivity contribution is 14.1. The number of carbonyl (C=O) groups is 1. The minimum absolute atomic E-state index is 0.0898. The lowest BCUT2D eigenvalue weighted by atomic mass is 10.2. The summed E-state index contributed by atoms with van der Waals surface area (Å²) in [6.07, 6.45) is 0.554. The molecular formula is C12H15IN2OS. The van der Waals surface area contributed by atoms with Crippen LogP contribution in [0.2, 0.25) is 0 Å². The molecule has 0 saturated carbocycles. The van der Waals surface area contributed by atoms with E-state index in [0.29, 0.717) is 12.5 Å². The van der Waals surface area contributed by atoms with Crippen LogP contribution in [-0.2, 0) is 4.79 Å². The fourth-order valence-corrected chi connectivity index (χ4v) is 3.25. The predicted molar refractivity (Wildman–Crippen MR) is 81.5 cm³/mol. The van der Waals surface area contributed by atoms with Gasteiger partial charge in [-0.25, -0.2) is 0 Å². The van der Waals surface area contributed by atoms with Gasteiger partial charge in [0.1, 0.15) is 0 Å². The maximum atomic E-state index is 11.8. The van der Waals surface area contributed by atoms with Crippen LogP contribution >= 0.6 is 34.4 Å². The molecule has 2 N–H and O–H groups in total. The molecule has 0 spiro atoms. The summed E-state index contributed by atoms with van der Waals surface area (Å²) >= 11 is 4.15. The van der Waals surface area contributed by atoms with Gasteiger partial charge in [0, 0.05) is 39.8 Å². The molecular weight excluding hydrogens is 347 g/mol. The third kappa shape index (κ3) is 4.48. The molecule has 1 fully saturated rings. The van der Waals surface area contributed by atoms with E-state index in [1.54, 1.807) is 0 Å². The van der Waals surface area contributed by atoms with Crippen molar-refractivity contribution in [2.24, 2.45) is 0 Å². The van der Waals surface area contributed by atoms with Gasteiger partial charge in [0.15, 0.2) is 0 Å². The molecule has 1 aliphatic rings. The average Bonchev–Trinajstić information content (AvgIpc) is 2.30. The first kappa shape index (κ1) is 13.2. The maximum Gasteiger partial charge on any atom is 0.225 e. The predicted octanol–water partition coefficient (Wildman–Crippen LogP) is 2.32. The van der Waals surface area contributed by atoms with Crippen molar-refractivity contribution in [3.05, 3.63) is 27.8 Å². The first-order valence-corrected chi connectivity index (χ1v) is 7.84. The van der Waals surface area contributed by atoms with Crippen LogP contribution in [0.5, 0.6) is 0 Å². The van der Waals surface area contributed by atoms with Gasteiger partial charge in [0.25, 0.3) is 0 Å². The number of benzene rings is 1. The molecule has 17 heavy (non-hydrogen) atoms. The monoisotopic (exact) mass is 362 g/mol. The van der Waals surface area contributed by atoms with E-state index in [0.717, 1.165) is 27.3 Å². The summed E-state index contributed by atoms with van der Waals surface area (Å²) in [5.74, 6) is 2.27. The number of amides is 1. The van der Waals surface area contributed by atoms with Crippen molar-refractivity contribution in [3.8, 4) is 0 Å². The normalized spacial score (nSPS) is 19.9. The first-order chi connectivity index (χ1) is 8.24. The fraction of sp³-hybridized carbons (Fsp3) is 0.417. The molecule has 1 aromatic carbocycles. The van der Waals surface area contributed by atoms with Crippen molar-refractivity contribution in [1.82, 2.24) is 5.32 Å². The summed E-state index contributed by atoms with van der Waals surface area (Å²) < 4.78 is 1.13. The molecule has 0 aliphatic carbocycles. The smallest absolute Gasteiger partial charge is 0.225 e. The van der Waals surface area contributed by atoms with Gasteiger partial charge in [-0.2, -0.15) is 11.8 Å². The minimum atomic E-state index is 0.0898. The van der Waals surface area contributed by atoms with Gasteiger partial charge in [-0.1, -0.05) is 6.07 Å². The Balaban J connectivity index is 1.84. The van der Waals surface area contributed by atoms with E-state index in [4.69, 9.17) is 0 Å².